The van der Waals surface area contributed by atoms with Gasteiger partial charge in [0.25, 0.3) is 0 Å². The lowest BCUT2D eigenvalue weighted by Crippen LogP contribution is -2.48. The molecule has 1 fully saturated rings. The second kappa shape index (κ2) is 5.83. The summed E-state index contributed by atoms with van der Waals surface area (Å²) >= 11 is 0. The Morgan fingerprint density at radius 3 is 2.94 bits per heavy atom. The van der Waals surface area contributed by atoms with Gasteiger partial charge < -0.3 is 14.8 Å². The molecule has 0 bridgehead atoms. The van der Waals surface area contributed by atoms with Crippen LogP contribution in [0.3, 0.4) is 0 Å². The zero-order valence-electron chi connectivity index (χ0n) is 11.5. The maximum atomic E-state index is 6.28. The fourth-order valence-corrected chi connectivity index (χ4v) is 2.41. The van der Waals surface area contributed by atoms with Crippen LogP contribution in [0, 0.1) is 0 Å². The van der Waals surface area contributed by atoms with Gasteiger partial charge in [-0.25, -0.2) is 0 Å². The molecule has 0 aromatic heterocycles. The first-order valence-electron chi connectivity index (χ1n) is 6.64. The number of nitrogens with one attached hydrogen (secondary N) is 1. The topological polar surface area (TPSA) is 30.5 Å². The Kier molecular flexibility index (Phi) is 4.38. The van der Waals surface area contributed by atoms with E-state index in [1.54, 1.807) is 7.11 Å². The standard InChI is InChI=1S/C15H23NO2/c1-4-15(2)11-16-9-14(18-15)13-8-6-5-7-12(13)10-17-3/h5-8,14,16H,4,9-11H2,1-3H3. The average Bonchev–Trinajstić information content (AvgIpc) is 2.40. The van der Waals surface area contributed by atoms with Crippen molar-refractivity contribution in [3.8, 4) is 0 Å². The molecule has 1 aliphatic heterocycles. The molecule has 2 atom stereocenters. The smallest absolute Gasteiger partial charge is 0.0960 e. The van der Waals surface area contributed by atoms with Crippen molar-refractivity contribution in [2.45, 2.75) is 38.6 Å². The van der Waals surface area contributed by atoms with Crippen LogP contribution in [0.1, 0.15) is 37.5 Å². The van der Waals surface area contributed by atoms with Gasteiger partial charge in [-0.15, -0.1) is 0 Å². The van der Waals surface area contributed by atoms with Crippen molar-refractivity contribution in [3.05, 3.63) is 35.4 Å². The molecular weight excluding hydrogens is 226 g/mol. The Hall–Kier alpha value is -0.900. The molecule has 3 nitrogen and oxygen atoms in total. The largest absolute Gasteiger partial charge is 0.380 e. The number of morpholine rings is 1. The highest BCUT2D eigenvalue weighted by atomic mass is 16.5. The van der Waals surface area contributed by atoms with Crippen LogP contribution in [-0.4, -0.2) is 25.8 Å². The lowest BCUT2D eigenvalue weighted by Gasteiger charge is -2.39. The van der Waals surface area contributed by atoms with E-state index in [0.717, 1.165) is 19.5 Å². The van der Waals surface area contributed by atoms with Crippen LogP contribution in [-0.2, 0) is 16.1 Å². The van der Waals surface area contributed by atoms with Crippen molar-refractivity contribution in [3.63, 3.8) is 0 Å². The molecule has 1 heterocycles. The van der Waals surface area contributed by atoms with Gasteiger partial charge in [-0.05, 0) is 24.5 Å². The minimum atomic E-state index is -0.0664. The molecule has 2 unspecified atom stereocenters. The molecule has 0 saturated carbocycles. The summed E-state index contributed by atoms with van der Waals surface area (Å²) in [6.45, 7) is 6.78. The highest BCUT2D eigenvalue weighted by Gasteiger charge is 2.32. The maximum absolute atomic E-state index is 6.28. The van der Waals surface area contributed by atoms with Crippen LogP contribution in [0.15, 0.2) is 24.3 Å². The van der Waals surface area contributed by atoms with Gasteiger partial charge in [-0.3, -0.25) is 0 Å². The molecule has 0 radical (unpaired) electrons. The second-order valence-electron chi connectivity index (χ2n) is 5.17. The molecule has 1 saturated heterocycles. The number of hydrogen-bond acceptors (Lipinski definition) is 3. The van der Waals surface area contributed by atoms with Crippen LogP contribution in [0.2, 0.25) is 0 Å². The average molecular weight is 249 g/mol. The Bertz CT molecular complexity index is 394. The van der Waals surface area contributed by atoms with Gasteiger partial charge in [0.1, 0.15) is 0 Å². The van der Waals surface area contributed by atoms with Crippen molar-refractivity contribution in [2.75, 3.05) is 20.2 Å². The van der Waals surface area contributed by atoms with E-state index < -0.39 is 0 Å². The van der Waals surface area contributed by atoms with E-state index in [4.69, 9.17) is 9.47 Å². The summed E-state index contributed by atoms with van der Waals surface area (Å²) < 4.78 is 11.5. The summed E-state index contributed by atoms with van der Waals surface area (Å²) in [5.41, 5.74) is 2.39. The molecular formula is C15H23NO2. The minimum Gasteiger partial charge on any atom is -0.380 e. The molecule has 1 aromatic carbocycles. The summed E-state index contributed by atoms with van der Waals surface area (Å²) in [7, 11) is 1.73. The van der Waals surface area contributed by atoms with Crippen LogP contribution < -0.4 is 5.32 Å². The lowest BCUT2D eigenvalue weighted by atomic mass is 9.96. The Morgan fingerprint density at radius 1 is 1.44 bits per heavy atom. The Balaban J connectivity index is 2.20. The van der Waals surface area contributed by atoms with E-state index in [0.29, 0.717) is 6.61 Å². The van der Waals surface area contributed by atoms with Crippen LogP contribution >= 0.6 is 0 Å². The number of hydrogen-bond donors (Lipinski definition) is 1. The summed E-state index contributed by atoms with van der Waals surface area (Å²) in [4.78, 5) is 0. The van der Waals surface area contributed by atoms with E-state index in [9.17, 15) is 0 Å². The van der Waals surface area contributed by atoms with Crippen LogP contribution in [0.25, 0.3) is 0 Å². The van der Waals surface area contributed by atoms with Crippen molar-refractivity contribution < 1.29 is 9.47 Å². The normalized spacial score (nSPS) is 28.3. The molecule has 18 heavy (non-hydrogen) atoms. The predicted octanol–water partition coefficient (Wildman–Crippen LogP) is 2.66. The first-order valence-corrected chi connectivity index (χ1v) is 6.64. The highest BCUT2D eigenvalue weighted by molar-refractivity contribution is 5.29. The summed E-state index contributed by atoms with van der Waals surface area (Å²) in [6.07, 6.45) is 1.14. The molecule has 0 aliphatic carbocycles. The molecule has 3 heteroatoms. The third kappa shape index (κ3) is 2.91. The number of methoxy groups -OCH3 is 1. The second-order valence-corrected chi connectivity index (χ2v) is 5.17. The molecule has 100 valence electrons. The summed E-state index contributed by atoms with van der Waals surface area (Å²) in [6, 6.07) is 8.37. The number of ether oxygens (including phenoxy) is 2. The van der Waals surface area contributed by atoms with Gasteiger partial charge in [-0.2, -0.15) is 0 Å². The molecule has 1 N–H and O–H groups in total. The van der Waals surface area contributed by atoms with Gasteiger partial charge in [-0.1, -0.05) is 31.2 Å². The van der Waals surface area contributed by atoms with Gasteiger partial charge in [0, 0.05) is 20.2 Å². The van der Waals surface area contributed by atoms with Gasteiger partial charge in [0.15, 0.2) is 0 Å². The summed E-state index contributed by atoms with van der Waals surface area (Å²) in [5.74, 6) is 0. The third-order valence-corrected chi connectivity index (χ3v) is 3.71. The zero-order valence-corrected chi connectivity index (χ0v) is 11.5. The molecule has 2 rings (SSSR count). The van der Waals surface area contributed by atoms with E-state index in [1.807, 2.05) is 6.07 Å². The first-order chi connectivity index (χ1) is 8.68. The van der Waals surface area contributed by atoms with Gasteiger partial charge >= 0.3 is 0 Å². The van der Waals surface area contributed by atoms with Gasteiger partial charge in [0.2, 0.25) is 0 Å². The Labute approximate surface area is 109 Å². The highest BCUT2D eigenvalue weighted by Crippen LogP contribution is 2.31. The summed E-state index contributed by atoms with van der Waals surface area (Å²) in [5, 5.41) is 3.48. The van der Waals surface area contributed by atoms with Crippen molar-refractivity contribution in [1.82, 2.24) is 5.32 Å². The van der Waals surface area contributed by atoms with E-state index in [-0.39, 0.29) is 11.7 Å². The molecule has 1 aromatic rings. The van der Waals surface area contributed by atoms with E-state index in [1.165, 1.54) is 11.1 Å². The van der Waals surface area contributed by atoms with Crippen molar-refractivity contribution >= 4 is 0 Å². The number of benzene rings is 1. The number of rotatable bonds is 4. The van der Waals surface area contributed by atoms with Crippen molar-refractivity contribution in [2.24, 2.45) is 0 Å². The lowest BCUT2D eigenvalue weighted by molar-refractivity contribution is -0.109. The fourth-order valence-electron chi connectivity index (χ4n) is 2.41. The fraction of sp³-hybridized carbons (Fsp3) is 0.600. The zero-order chi connectivity index (χ0) is 13.0. The van der Waals surface area contributed by atoms with Crippen LogP contribution in [0.5, 0.6) is 0 Å². The van der Waals surface area contributed by atoms with Crippen LogP contribution in [0.4, 0.5) is 0 Å². The SMILES string of the molecule is CCC1(C)CNCC(c2ccccc2COC)O1. The van der Waals surface area contributed by atoms with Gasteiger partial charge in [0.05, 0.1) is 18.3 Å². The maximum Gasteiger partial charge on any atom is 0.0960 e. The monoisotopic (exact) mass is 249 g/mol. The van der Waals surface area contributed by atoms with E-state index >= 15 is 0 Å². The first kappa shape index (κ1) is 13.5. The molecule has 1 aliphatic rings. The quantitative estimate of drug-likeness (QED) is 0.890. The third-order valence-electron chi connectivity index (χ3n) is 3.71. The predicted molar refractivity (Wildman–Crippen MR) is 72.5 cm³/mol. The van der Waals surface area contributed by atoms with Crippen molar-refractivity contribution in [1.29, 1.82) is 0 Å². The van der Waals surface area contributed by atoms with E-state index in [2.05, 4.69) is 37.4 Å². The minimum absolute atomic E-state index is 0.0664. The molecule has 0 amide bonds. The molecule has 0 spiro atoms. The Morgan fingerprint density at radius 2 is 2.22 bits per heavy atom.